The molecule has 0 aliphatic heterocycles. The van der Waals surface area contributed by atoms with E-state index in [9.17, 15) is 0 Å². The average Bonchev–Trinajstić information content (AvgIpc) is 0.918. The maximum atomic E-state index is 4.93. The molecule has 20 valence electrons. The maximum Gasteiger partial charge on any atom is 2.00 e. The Balaban J connectivity index is 0. The Hall–Kier alpha value is 2.18. The van der Waals surface area contributed by atoms with Gasteiger partial charge in [-0.15, -0.1) is 0 Å². The molecule has 0 nitrogen and oxygen atoms in total. The zero-order valence-corrected chi connectivity index (χ0v) is 8.98. The maximum absolute atomic E-state index is 4.93. The summed E-state index contributed by atoms with van der Waals surface area (Å²) in [6, 6.07) is 0. The minimum Gasteiger partial charge on any atom is 2.00 e. The molecular formula is Cl2Sn2+2. The molecule has 4 heteroatoms. The molecule has 0 fully saturated rings. The zero-order chi connectivity index (χ0) is 2.71. The first-order valence-corrected chi connectivity index (χ1v) is 7.61. The van der Waals surface area contributed by atoms with Gasteiger partial charge in [-0.05, 0) is 0 Å². The molecule has 4 radical (unpaired) electrons. The van der Waals surface area contributed by atoms with Gasteiger partial charge in [0.15, 0.2) is 0 Å². The molecule has 0 amide bonds. The van der Waals surface area contributed by atoms with E-state index >= 15 is 0 Å². The van der Waals surface area contributed by atoms with Crippen molar-refractivity contribution in [2.45, 2.75) is 0 Å². The monoisotopic (exact) mass is 310 g/mol. The number of halogens is 2. The molecule has 0 bridgehead atoms. The van der Waals surface area contributed by atoms with Crippen LogP contribution in [0.1, 0.15) is 0 Å². The largest absolute Gasteiger partial charge is 2.00 e. The molecule has 0 atom stereocenters. The summed E-state index contributed by atoms with van der Waals surface area (Å²) in [5, 5.41) is 0. The molecule has 0 aliphatic rings. The second kappa shape index (κ2) is 8.95. The quantitative estimate of drug-likeness (QED) is 0.576. The van der Waals surface area contributed by atoms with Gasteiger partial charge in [-0.25, -0.2) is 0 Å². The van der Waals surface area contributed by atoms with Gasteiger partial charge in [-0.3, -0.25) is 0 Å². The third kappa shape index (κ3) is 8.90. The van der Waals surface area contributed by atoms with Crippen LogP contribution in [0.3, 0.4) is 0 Å². The van der Waals surface area contributed by atoms with Gasteiger partial charge in [0.25, 0.3) is 0 Å². The van der Waals surface area contributed by atoms with Crippen molar-refractivity contribution in [3.05, 3.63) is 0 Å². The SMILES string of the molecule is [Cl][Sn][Cl].[Sn+2]. The molecule has 0 saturated carbocycles. The summed E-state index contributed by atoms with van der Waals surface area (Å²) in [5.74, 6) is 0. The van der Waals surface area contributed by atoms with Crippen molar-refractivity contribution in [1.29, 1.82) is 0 Å². The molecule has 0 heterocycles. The van der Waals surface area contributed by atoms with Crippen LogP contribution in [0, 0.1) is 0 Å². The minimum atomic E-state index is -0.826. The molecule has 4 heavy (non-hydrogen) atoms. The first-order chi connectivity index (χ1) is 1.41. The molecule has 0 aromatic rings. The summed E-state index contributed by atoms with van der Waals surface area (Å²) in [7, 11) is 9.87. The van der Waals surface area contributed by atoms with Gasteiger partial charge in [0.2, 0.25) is 0 Å². The van der Waals surface area contributed by atoms with Gasteiger partial charge >= 0.3 is 60.6 Å². The third-order valence-electron chi connectivity index (χ3n) is 0. The molecule has 0 N–H and O–H groups in total. The van der Waals surface area contributed by atoms with Crippen LogP contribution in [-0.2, 0) is 0 Å². The van der Waals surface area contributed by atoms with Gasteiger partial charge in [0.05, 0.1) is 0 Å². The molecule has 0 unspecified atom stereocenters. The second-order valence-corrected chi connectivity index (χ2v) is 4.31. The Bertz CT molecular complexity index is 4.00. The van der Waals surface area contributed by atoms with E-state index in [0.29, 0.717) is 0 Å². The smallest absolute Gasteiger partial charge is 2.00 e. The van der Waals surface area contributed by atoms with Gasteiger partial charge < -0.3 is 0 Å². The summed E-state index contributed by atoms with van der Waals surface area (Å²) in [4.78, 5) is 0. The number of hydrogen-bond acceptors (Lipinski definition) is 0. The molecule has 0 aromatic heterocycles. The van der Waals surface area contributed by atoms with Crippen LogP contribution in [0.15, 0.2) is 0 Å². The summed E-state index contributed by atoms with van der Waals surface area (Å²) < 4.78 is 0. The van der Waals surface area contributed by atoms with Crippen molar-refractivity contribution in [1.82, 2.24) is 0 Å². The number of hydrogen-bond donors (Lipinski definition) is 0. The Kier molecular flexibility index (Phi) is 21.2. The summed E-state index contributed by atoms with van der Waals surface area (Å²) >= 11 is -0.826. The fourth-order valence-electron chi connectivity index (χ4n) is 0. The topological polar surface area (TPSA) is 0 Å². The van der Waals surface area contributed by atoms with Crippen molar-refractivity contribution in [2.75, 3.05) is 0 Å². The van der Waals surface area contributed by atoms with Crippen LogP contribution in [0.25, 0.3) is 0 Å². The zero-order valence-electron chi connectivity index (χ0n) is 1.76. The van der Waals surface area contributed by atoms with E-state index in [1.54, 1.807) is 0 Å². The van der Waals surface area contributed by atoms with Crippen LogP contribution in [0.2, 0.25) is 0 Å². The summed E-state index contributed by atoms with van der Waals surface area (Å²) in [6.45, 7) is 0. The molecular weight excluding hydrogens is 308 g/mol. The van der Waals surface area contributed by atoms with E-state index in [1.807, 2.05) is 0 Å². The van der Waals surface area contributed by atoms with Gasteiger partial charge in [-0.2, -0.15) is 0 Å². The standard InChI is InChI=1S/2ClH.2Sn/h2*1H;;/q;;2*+2/p-2. The van der Waals surface area contributed by atoms with Crippen molar-refractivity contribution >= 4 is 60.6 Å². The second-order valence-electron chi connectivity index (χ2n) is 0.0714. The van der Waals surface area contributed by atoms with E-state index in [2.05, 4.69) is 0 Å². The van der Waals surface area contributed by atoms with Crippen molar-refractivity contribution in [3.63, 3.8) is 0 Å². The van der Waals surface area contributed by atoms with Gasteiger partial charge in [0, 0.05) is 0 Å². The van der Waals surface area contributed by atoms with Crippen LogP contribution in [0.4, 0.5) is 0 Å². The average molecular weight is 308 g/mol. The Labute approximate surface area is 59.8 Å². The Morgan fingerprint density at radius 2 is 1.25 bits per heavy atom. The number of rotatable bonds is 0. The fourth-order valence-corrected chi connectivity index (χ4v) is 0. The summed E-state index contributed by atoms with van der Waals surface area (Å²) in [5.41, 5.74) is 0. The van der Waals surface area contributed by atoms with E-state index in [4.69, 9.17) is 17.8 Å². The van der Waals surface area contributed by atoms with Crippen molar-refractivity contribution in [2.24, 2.45) is 0 Å². The Morgan fingerprint density at radius 1 is 1.25 bits per heavy atom. The van der Waals surface area contributed by atoms with Gasteiger partial charge in [0.1, 0.15) is 0 Å². The van der Waals surface area contributed by atoms with E-state index < -0.39 is 18.9 Å². The molecule has 0 saturated heterocycles. The molecule has 0 aromatic carbocycles. The van der Waals surface area contributed by atoms with Crippen LogP contribution in [-0.4, -0.2) is 42.8 Å². The van der Waals surface area contributed by atoms with Crippen molar-refractivity contribution in [3.8, 4) is 0 Å². The fraction of sp³-hybridized carbons (Fsp3) is 0. The third-order valence-corrected chi connectivity index (χ3v) is 0. The van der Waals surface area contributed by atoms with E-state index in [1.165, 1.54) is 0 Å². The molecule has 0 rings (SSSR count). The molecule has 0 aliphatic carbocycles. The first kappa shape index (κ1) is 9.49. The molecule has 0 spiro atoms. The van der Waals surface area contributed by atoms with E-state index in [-0.39, 0.29) is 23.9 Å². The van der Waals surface area contributed by atoms with Crippen LogP contribution in [0.5, 0.6) is 0 Å². The normalized spacial score (nSPS) is 4.50. The predicted octanol–water partition coefficient (Wildman–Crippen LogP) is 0.617. The predicted molar refractivity (Wildman–Crippen MR) is 23.2 cm³/mol. The summed E-state index contributed by atoms with van der Waals surface area (Å²) in [6.07, 6.45) is 0. The minimum absolute atomic E-state index is 0. The van der Waals surface area contributed by atoms with Crippen LogP contribution >= 0.6 is 17.8 Å². The van der Waals surface area contributed by atoms with Crippen molar-refractivity contribution < 1.29 is 0 Å². The first-order valence-electron chi connectivity index (χ1n) is 0.378. The Morgan fingerprint density at radius 3 is 1.25 bits per heavy atom. The van der Waals surface area contributed by atoms with E-state index in [0.717, 1.165) is 0 Å². The van der Waals surface area contributed by atoms with Crippen LogP contribution < -0.4 is 0 Å². The van der Waals surface area contributed by atoms with Gasteiger partial charge in [-0.1, -0.05) is 0 Å².